The number of likely N-dealkylation sites (N-methyl/N-ethyl adjacent to an activating group) is 1. The molecule has 2 heterocycles. The third-order valence-electron chi connectivity index (χ3n) is 6.67. The molecule has 9 nitrogen and oxygen atoms in total. The van der Waals surface area contributed by atoms with E-state index in [0.717, 1.165) is 29.5 Å². The molecule has 0 spiro atoms. The van der Waals surface area contributed by atoms with Crippen LogP contribution in [0.5, 0.6) is 5.88 Å². The fourth-order valence-electron chi connectivity index (χ4n) is 5.05. The second-order valence-corrected chi connectivity index (χ2v) is 10.4. The highest BCUT2D eigenvalue weighted by atomic mass is 32.2. The molecule has 0 radical (unpaired) electrons. The first-order chi connectivity index (χ1) is 15.8. The lowest BCUT2D eigenvalue weighted by atomic mass is 9.94. The first-order valence-electron chi connectivity index (χ1n) is 11.0. The Labute approximate surface area is 190 Å². The van der Waals surface area contributed by atoms with Crippen LogP contribution in [0.2, 0.25) is 0 Å². The first-order valence-corrected chi connectivity index (χ1v) is 12.5. The quantitative estimate of drug-likeness (QED) is 0.621. The molecule has 0 saturated heterocycles. The Kier molecular flexibility index (Phi) is 5.61. The Morgan fingerprint density at radius 1 is 1.36 bits per heavy atom. The predicted octanol–water partition coefficient (Wildman–Crippen LogP) is 2.58. The SMILES string of the molecule is CN[C@@H]1COc2c([S@@](N)(=O)=NC(=O)Nc3c4c(cc5c3[C@@H](C(F)F)CC5)CCC4)cnn2C1. The highest BCUT2D eigenvalue weighted by Gasteiger charge is 2.36. The van der Waals surface area contributed by atoms with E-state index in [1.54, 1.807) is 7.05 Å². The molecule has 178 valence electrons. The molecular formula is C21H26F2N6O3S. The van der Waals surface area contributed by atoms with Crippen LogP contribution >= 0.6 is 0 Å². The van der Waals surface area contributed by atoms with Gasteiger partial charge in [-0.1, -0.05) is 6.07 Å². The standard InChI is InChI=1S/C21H26F2N6O3S/c1-25-13-9-29-20(32-10-13)16(8-26-29)33(24,31)28-21(30)27-18-14-4-2-3-11(14)7-12-5-6-15(17(12)18)19(22)23/h7-8,13,15,19,25H,2-6,9-10H2,1H3,(H3,24,27,28,30,31)/t13-,15-,33-/m0/s1. The van der Waals surface area contributed by atoms with Gasteiger partial charge in [0.05, 0.1) is 18.8 Å². The zero-order valence-corrected chi connectivity index (χ0v) is 19.0. The van der Waals surface area contributed by atoms with Crippen molar-refractivity contribution in [3.05, 3.63) is 34.5 Å². The van der Waals surface area contributed by atoms with Crippen LogP contribution in [0.4, 0.5) is 19.3 Å². The van der Waals surface area contributed by atoms with Crippen LogP contribution in [-0.4, -0.2) is 46.1 Å². The maximum absolute atomic E-state index is 13.7. The van der Waals surface area contributed by atoms with Gasteiger partial charge in [-0.25, -0.2) is 27.6 Å². The Bertz CT molecular complexity index is 1240. The van der Waals surface area contributed by atoms with E-state index < -0.39 is 28.3 Å². The maximum atomic E-state index is 13.7. The van der Waals surface area contributed by atoms with Crippen molar-refractivity contribution in [1.82, 2.24) is 15.1 Å². The largest absolute Gasteiger partial charge is 0.475 e. The summed E-state index contributed by atoms with van der Waals surface area (Å²) >= 11 is 0. The topological polar surface area (TPSA) is 124 Å². The van der Waals surface area contributed by atoms with E-state index in [9.17, 15) is 17.8 Å². The molecule has 2 amide bonds. The van der Waals surface area contributed by atoms with Crippen LogP contribution in [-0.2, 0) is 35.7 Å². The van der Waals surface area contributed by atoms with Crippen LogP contribution in [0.25, 0.3) is 0 Å². The van der Waals surface area contributed by atoms with Crippen LogP contribution in [0.3, 0.4) is 0 Å². The van der Waals surface area contributed by atoms with Gasteiger partial charge in [-0.15, -0.1) is 4.36 Å². The van der Waals surface area contributed by atoms with Crippen molar-refractivity contribution in [1.29, 1.82) is 0 Å². The number of aromatic nitrogens is 2. The van der Waals surface area contributed by atoms with E-state index in [2.05, 4.69) is 20.1 Å². The molecule has 2 aromatic rings. The minimum Gasteiger partial charge on any atom is -0.475 e. The maximum Gasteiger partial charge on any atom is 0.354 e. The average Bonchev–Trinajstić information content (AvgIpc) is 3.50. The molecule has 3 aliphatic rings. The van der Waals surface area contributed by atoms with Crippen molar-refractivity contribution in [2.45, 2.75) is 61.9 Å². The van der Waals surface area contributed by atoms with Crippen molar-refractivity contribution in [3.8, 4) is 5.88 Å². The van der Waals surface area contributed by atoms with E-state index in [4.69, 9.17) is 9.88 Å². The first kappa shape index (κ1) is 22.2. The second kappa shape index (κ2) is 8.33. The molecule has 12 heteroatoms. The number of hydrogen-bond donors (Lipinski definition) is 3. The van der Waals surface area contributed by atoms with Crippen LogP contribution in [0.1, 0.15) is 41.0 Å². The van der Waals surface area contributed by atoms with Gasteiger partial charge in [-0.3, -0.25) is 0 Å². The van der Waals surface area contributed by atoms with Crippen LogP contribution in [0.15, 0.2) is 21.5 Å². The van der Waals surface area contributed by atoms with Crippen molar-refractivity contribution < 1.29 is 22.5 Å². The summed E-state index contributed by atoms with van der Waals surface area (Å²) in [4.78, 5) is 12.9. The molecule has 0 bridgehead atoms. The molecule has 3 atom stereocenters. The summed E-state index contributed by atoms with van der Waals surface area (Å²) in [5, 5.41) is 15.9. The molecule has 0 unspecified atom stereocenters. The molecule has 1 aromatic heterocycles. The van der Waals surface area contributed by atoms with E-state index >= 15 is 0 Å². The smallest absolute Gasteiger partial charge is 0.354 e. The molecule has 2 aliphatic carbocycles. The summed E-state index contributed by atoms with van der Waals surface area (Å²) in [6.45, 7) is 0.819. The summed E-state index contributed by atoms with van der Waals surface area (Å²) in [5.41, 5.74) is 3.62. The van der Waals surface area contributed by atoms with E-state index in [1.165, 1.54) is 10.9 Å². The number of carbonyl (C=O) groups excluding carboxylic acids is 1. The minimum absolute atomic E-state index is 0.0289. The fraction of sp³-hybridized carbons (Fsp3) is 0.524. The van der Waals surface area contributed by atoms with Crippen LogP contribution in [0, 0.1) is 0 Å². The van der Waals surface area contributed by atoms with Crippen molar-refractivity contribution in [2.75, 3.05) is 19.0 Å². The van der Waals surface area contributed by atoms with Gasteiger partial charge in [-0.2, -0.15) is 5.10 Å². The molecule has 33 heavy (non-hydrogen) atoms. The number of benzene rings is 1. The summed E-state index contributed by atoms with van der Waals surface area (Å²) in [5.74, 6) is -0.732. The Balaban J connectivity index is 1.48. The Morgan fingerprint density at radius 2 is 2.18 bits per heavy atom. The lowest BCUT2D eigenvalue weighted by Crippen LogP contribution is -2.40. The number of fused-ring (bicyclic) bond motifs is 3. The summed E-state index contributed by atoms with van der Waals surface area (Å²) in [6, 6.07) is 1.09. The molecule has 4 N–H and O–H groups in total. The van der Waals surface area contributed by atoms with Gasteiger partial charge in [-0.05, 0) is 61.4 Å². The predicted molar refractivity (Wildman–Crippen MR) is 118 cm³/mol. The number of nitrogens with one attached hydrogen (secondary N) is 2. The second-order valence-electron chi connectivity index (χ2n) is 8.68. The van der Waals surface area contributed by atoms with Crippen molar-refractivity contribution in [2.24, 2.45) is 9.50 Å². The number of hydrogen-bond acceptors (Lipinski definition) is 5. The number of carbonyl (C=O) groups is 1. The van der Waals surface area contributed by atoms with E-state index in [0.29, 0.717) is 43.7 Å². The van der Waals surface area contributed by atoms with E-state index in [-0.39, 0.29) is 16.8 Å². The number of aryl methyl sites for hydroxylation is 2. The van der Waals surface area contributed by atoms with Gasteiger partial charge < -0.3 is 15.4 Å². The monoisotopic (exact) mass is 480 g/mol. The molecule has 5 rings (SSSR count). The third-order valence-corrected chi connectivity index (χ3v) is 8.02. The van der Waals surface area contributed by atoms with Gasteiger partial charge in [0.15, 0.2) is 9.92 Å². The zero-order chi connectivity index (χ0) is 23.3. The summed E-state index contributed by atoms with van der Waals surface area (Å²) < 4.78 is 51.6. The molecule has 0 fully saturated rings. The highest BCUT2D eigenvalue weighted by molar-refractivity contribution is 7.91. The van der Waals surface area contributed by atoms with Crippen LogP contribution < -0.4 is 20.5 Å². The zero-order valence-electron chi connectivity index (χ0n) is 18.1. The van der Waals surface area contributed by atoms with E-state index in [1.807, 2.05) is 6.07 Å². The number of ether oxygens (including phenoxy) is 1. The number of nitrogens with zero attached hydrogens (tertiary/aromatic N) is 3. The number of amides is 2. The van der Waals surface area contributed by atoms with Crippen molar-refractivity contribution >= 4 is 21.6 Å². The molecule has 1 aromatic carbocycles. The number of urea groups is 1. The minimum atomic E-state index is -3.67. The third kappa shape index (κ3) is 3.89. The molecular weight excluding hydrogens is 454 g/mol. The van der Waals surface area contributed by atoms with Gasteiger partial charge in [0.1, 0.15) is 11.5 Å². The van der Waals surface area contributed by atoms with Gasteiger partial charge in [0.25, 0.3) is 0 Å². The van der Waals surface area contributed by atoms with Gasteiger partial charge >= 0.3 is 6.03 Å². The highest BCUT2D eigenvalue weighted by Crippen LogP contribution is 2.46. The van der Waals surface area contributed by atoms with Gasteiger partial charge in [0.2, 0.25) is 12.3 Å². The summed E-state index contributed by atoms with van der Waals surface area (Å²) in [6.07, 6.45) is 2.04. The van der Waals surface area contributed by atoms with Gasteiger partial charge in [0, 0.05) is 11.6 Å². The summed E-state index contributed by atoms with van der Waals surface area (Å²) in [7, 11) is -1.88. The number of rotatable bonds is 4. The Morgan fingerprint density at radius 3 is 2.94 bits per heavy atom. The number of nitrogens with two attached hydrogens (primary N) is 1. The lowest BCUT2D eigenvalue weighted by Gasteiger charge is -2.24. The lowest BCUT2D eigenvalue weighted by molar-refractivity contribution is 0.114. The average molecular weight is 481 g/mol. The molecule has 0 saturated carbocycles. The normalized spacial score (nSPS) is 22.8. The molecule has 1 aliphatic heterocycles. The number of alkyl halides is 2. The Hall–Kier alpha value is -2.57. The number of halogens is 2. The number of anilines is 1. The fourth-order valence-corrected chi connectivity index (χ4v) is 6.06. The van der Waals surface area contributed by atoms with Crippen molar-refractivity contribution in [3.63, 3.8) is 0 Å².